The number of hydrogen-bond acceptors (Lipinski definition) is 1. The molecule has 0 saturated heterocycles. The monoisotopic (exact) mass is 239 g/mol. The van der Waals surface area contributed by atoms with E-state index in [4.69, 9.17) is 5.73 Å². The van der Waals surface area contributed by atoms with Gasteiger partial charge in [-0.15, -0.1) is 0 Å². The van der Waals surface area contributed by atoms with Crippen molar-refractivity contribution in [1.29, 1.82) is 0 Å². The molecule has 1 aromatic rings. The molecule has 0 bridgehead atoms. The van der Waals surface area contributed by atoms with Crippen LogP contribution in [0.4, 0.5) is 0 Å². The first-order valence-corrected chi connectivity index (χ1v) is 5.43. The number of rotatable bonds is 0. The van der Waals surface area contributed by atoms with E-state index in [0.29, 0.717) is 0 Å². The Morgan fingerprint density at radius 3 is 3.00 bits per heavy atom. The molecule has 2 rings (SSSR count). The molecule has 0 fully saturated rings. The summed E-state index contributed by atoms with van der Waals surface area (Å²) in [6.45, 7) is 2.13. The van der Waals surface area contributed by atoms with Crippen LogP contribution < -0.4 is 5.73 Å². The van der Waals surface area contributed by atoms with Crippen molar-refractivity contribution in [1.82, 2.24) is 0 Å². The van der Waals surface area contributed by atoms with E-state index in [-0.39, 0.29) is 5.54 Å². The molecule has 2 N–H and O–H groups in total. The van der Waals surface area contributed by atoms with E-state index >= 15 is 0 Å². The molecular weight excluding hydrogens is 226 g/mol. The van der Waals surface area contributed by atoms with Crippen LogP contribution in [0.25, 0.3) is 0 Å². The molecule has 0 aromatic heterocycles. The number of fused-ring (bicyclic) bond motifs is 1. The van der Waals surface area contributed by atoms with Gasteiger partial charge in [-0.2, -0.15) is 0 Å². The van der Waals surface area contributed by atoms with Crippen molar-refractivity contribution < 1.29 is 0 Å². The summed E-state index contributed by atoms with van der Waals surface area (Å²) in [7, 11) is 0. The van der Waals surface area contributed by atoms with Crippen molar-refractivity contribution in [3.8, 4) is 0 Å². The summed E-state index contributed by atoms with van der Waals surface area (Å²) >= 11 is 3.58. The highest BCUT2D eigenvalue weighted by atomic mass is 79.9. The predicted molar refractivity (Wildman–Crippen MR) is 58.8 cm³/mol. The lowest BCUT2D eigenvalue weighted by Crippen LogP contribution is -2.41. The molecule has 70 valence electrons. The summed E-state index contributed by atoms with van der Waals surface area (Å²) < 4.78 is 1.21. The fourth-order valence-electron chi connectivity index (χ4n) is 1.95. The second-order valence-electron chi connectivity index (χ2n) is 4.21. The zero-order valence-electron chi connectivity index (χ0n) is 7.81. The molecule has 0 radical (unpaired) electrons. The van der Waals surface area contributed by atoms with E-state index in [1.165, 1.54) is 15.6 Å². The quantitative estimate of drug-likeness (QED) is 0.741. The van der Waals surface area contributed by atoms with Crippen LogP contribution in [0.3, 0.4) is 0 Å². The van der Waals surface area contributed by atoms with Gasteiger partial charge in [0.1, 0.15) is 0 Å². The minimum atomic E-state index is -0.0170. The van der Waals surface area contributed by atoms with E-state index in [9.17, 15) is 0 Å². The average molecular weight is 240 g/mol. The van der Waals surface area contributed by atoms with E-state index in [1.807, 2.05) is 0 Å². The number of aryl methyl sites for hydroxylation is 1. The van der Waals surface area contributed by atoms with Crippen LogP contribution in [0.2, 0.25) is 0 Å². The van der Waals surface area contributed by atoms with Gasteiger partial charge >= 0.3 is 0 Å². The van der Waals surface area contributed by atoms with Gasteiger partial charge in [0, 0.05) is 10.0 Å². The maximum Gasteiger partial charge on any atom is 0.0210 e. The first-order chi connectivity index (χ1) is 6.08. The highest BCUT2D eigenvalue weighted by Gasteiger charge is 2.26. The SMILES string of the molecule is CC1(N)CCc2cccc(Br)c2C1. The van der Waals surface area contributed by atoms with Gasteiger partial charge in [0.2, 0.25) is 0 Å². The number of benzene rings is 1. The molecule has 0 heterocycles. The molecule has 13 heavy (non-hydrogen) atoms. The lowest BCUT2D eigenvalue weighted by atomic mass is 9.80. The van der Waals surface area contributed by atoms with E-state index in [2.05, 4.69) is 41.1 Å². The zero-order valence-corrected chi connectivity index (χ0v) is 9.39. The summed E-state index contributed by atoms with van der Waals surface area (Å²) in [4.78, 5) is 0. The maximum atomic E-state index is 6.14. The summed E-state index contributed by atoms with van der Waals surface area (Å²) in [6, 6.07) is 6.40. The van der Waals surface area contributed by atoms with Crippen molar-refractivity contribution in [3.05, 3.63) is 33.8 Å². The minimum Gasteiger partial charge on any atom is -0.325 e. The van der Waals surface area contributed by atoms with Crippen molar-refractivity contribution in [2.45, 2.75) is 31.7 Å². The number of nitrogens with two attached hydrogens (primary N) is 1. The molecule has 0 amide bonds. The molecule has 0 spiro atoms. The van der Waals surface area contributed by atoms with Crippen LogP contribution in [0.1, 0.15) is 24.5 Å². The van der Waals surface area contributed by atoms with Crippen molar-refractivity contribution >= 4 is 15.9 Å². The third-order valence-corrected chi connectivity index (χ3v) is 3.50. The summed E-state index contributed by atoms with van der Waals surface area (Å²) in [5.74, 6) is 0. The Hall–Kier alpha value is -0.340. The van der Waals surface area contributed by atoms with E-state index in [0.717, 1.165) is 19.3 Å². The molecule has 1 nitrogen and oxygen atoms in total. The normalized spacial score (nSPS) is 27.0. The zero-order chi connectivity index (χ0) is 9.47. The highest BCUT2D eigenvalue weighted by Crippen LogP contribution is 2.31. The van der Waals surface area contributed by atoms with Gasteiger partial charge in [-0.05, 0) is 43.4 Å². The Morgan fingerprint density at radius 1 is 1.46 bits per heavy atom. The summed E-state index contributed by atoms with van der Waals surface area (Å²) in [5, 5.41) is 0. The Morgan fingerprint density at radius 2 is 2.23 bits per heavy atom. The van der Waals surface area contributed by atoms with Crippen LogP contribution in [0.15, 0.2) is 22.7 Å². The number of halogens is 1. The second kappa shape index (κ2) is 3.10. The maximum absolute atomic E-state index is 6.14. The first-order valence-electron chi connectivity index (χ1n) is 4.64. The van der Waals surface area contributed by atoms with Crippen LogP contribution in [0, 0.1) is 0 Å². The van der Waals surface area contributed by atoms with Gasteiger partial charge in [0.15, 0.2) is 0 Å². The van der Waals surface area contributed by atoms with Crippen LogP contribution >= 0.6 is 15.9 Å². The van der Waals surface area contributed by atoms with Crippen molar-refractivity contribution in [2.24, 2.45) is 5.73 Å². The Balaban J connectivity index is 2.44. The second-order valence-corrected chi connectivity index (χ2v) is 5.06. The van der Waals surface area contributed by atoms with E-state index < -0.39 is 0 Å². The fraction of sp³-hybridized carbons (Fsp3) is 0.455. The van der Waals surface area contributed by atoms with Gasteiger partial charge < -0.3 is 5.73 Å². The van der Waals surface area contributed by atoms with E-state index in [1.54, 1.807) is 0 Å². The molecule has 1 atom stereocenters. The predicted octanol–water partition coefficient (Wildman–Crippen LogP) is 2.66. The van der Waals surface area contributed by atoms with Crippen LogP contribution in [0.5, 0.6) is 0 Å². The summed E-state index contributed by atoms with van der Waals surface area (Å²) in [5.41, 5.74) is 8.98. The van der Waals surface area contributed by atoms with Gasteiger partial charge in [-0.1, -0.05) is 28.1 Å². The molecule has 1 aromatic carbocycles. The van der Waals surface area contributed by atoms with Gasteiger partial charge in [-0.25, -0.2) is 0 Å². The molecule has 0 aliphatic heterocycles. The van der Waals surface area contributed by atoms with Crippen LogP contribution in [-0.2, 0) is 12.8 Å². The molecule has 1 unspecified atom stereocenters. The molecule has 2 heteroatoms. The van der Waals surface area contributed by atoms with Gasteiger partial charge in [0.05, 0.1) is 0 Å². The van der Waals surface area contributed by atoms with Crippen molar-refractivity contribution in [3.63, 3.8) is 0 Å². The Bertz CT molecular complexity index is 331. The molecule has 1 aliphatic carbocycles. The standard InChI is InChI=1S/C11H14BrN/c1-11(13)6-5-8-3-2-4-10(12)9(8)7-11/h2-4H,5-7,13H2,1H3. The third-order valence-electron chi connectivity index (χ3n) is 2.76. The lowest BCUT2D eigenvalue weighted by Gasteiger charge is -2.31. The lowest BCUT2D eigenvalue weighted by molar-refractivity contribution is 0.408. The highest BCUT2D eigenvalue weighted by molar-refractivity contribution is 9.10. The molecular formula is C11H14BrN. The number of hydrogen-bond donors (Lipinski definition) is 1. The summed E-state index contributed by atoms with van der Waals surface area (Å²) in [6.07, 6.45) is 3.20. The molecule has 0 saturated carbocycles. The topological polar surface area (TPSA) is 26.0 Å². The largest absolute Gasteiger partial charge is 0.325 e. The van der Waals surface area contributed by atoms with Gasteiger partial charge in [0.25, 0.3) is 0 Å². The average Bonchev–Trinajstić information content (AvgIpc) is 2.06. The third kappa shape index (κ3) is 1.79. The molecule has 1 aliphatic rings. The first kappa shape index (κ1) is 9.22. The van der Waals surface area contributed by atoms with Gasteiger partial charge in [-0.3, -0.25) is 0 Å². The Kier molecular flexibility index (Phi) is 2.20. The van der Waals surface area contributed by atoms with Crippen molar-refractivity contribution in [2.75, 3.05) is 0 Å². The smallest absolute Gasteiger partial charge is 0.0210 e. The Labute approximate surface area is 87.5 Å². The minimum absolute atomic E-state index is 0.0170. The fourth-order valence-corrected chi connectivity index (χ4v) is 2.50. The van der Waals surface area contributed by atoms with Crippen LogP contribution in [-0.4, -0.2) is 5.54 Å².